The van der Waals surface area contributed by atoms with Crippen LogP contribution in [-0.4, -0.2) is 32.7 Å². The largest absolute Gasteiger partial charge is 0.465 e. The van der Waals surface area contributed by atoms with Crippen molar-refractivity contribution in [1.82, 2.24) is 19.5 Å². The highest BCUT2D eigenvalue weighted by Gasteiger charge is 2.19. The van der Waals surface area contributed by atoms with Crippen molar-refractivity contribution in [2.75, 3.05) is 6.61 Å². The molecule has 0 spiro atoms. The van der Waals surface area contributed by atoms with Gasteiger partial charge in [-0.05, 0) is 31.4 Å². The van der Waals surface area contributed by atoms with E-state index < -0.39 is 12.0 Å². The fourth-order valence-electron chi connectivity index (χ4n) is 2.60. The first-order valence-corrected chi connectivity index (χ1v) is 8.30. The molecule has 0 aliphatic heterocycles. The maximum atomic E-state index is 12.7. The van der Waals surface area contributed by atoms with Gasteiger partial charge < -0.3 is 10.1 Å². The molecule has 0 saturated heterocycles. The summed E-state index contributed by atoms with van der Waals surface area (Å²) in [7, 11) is 0. The Labute approximate surface area is 145 Å². The molecule has 2 heterocycles. The Hall–Kier alpha value is -2.64. The van der Waals surface area contributed by atoms with E-state index in [9.17, 15) is 14.4 Å². The van der Waals surface area contributed by atoms with Crippen LogP contribution in [0.15, 0.2) is 17.1 Å². The van der Waals surface area contributed by atoms with E-state index in [1.54, 1.807) is 24.3 Å². The van der Waals surface area contributed by atoms with Crippen molar-refractivity contribution in [3.8, 4) is 0 Å². The van der Waals surface area contributed by atoms with E-state index in [1.165, 1.54) is 6.92 Å². The Morgan fingerprint density at radius 3 is 2.56 bits per heavy atom. The molecule has 0 radical (unpaired) electrons. The molecule has 0 saturated carbocycles. The van der Waals surface area contributed by atoms with Crippen LogP contribution in [0.25, 0.3) is 5.52 Å². The van der Waals surface area contributed by atoms with Crippen LogP contribution in [0.2, 0.25) is 0 Å². The molecule has 136 valence electrons. The fourth-order valence-corrected chi connectivity index (χ4v) is 2.60. The van der Waals surface area contributed by atoms with Crippen molar-refractivity contribution in [2.24, 2.45) is 0 Å². The molecule has 8 nitrogen and oxygen atoms in total. The zero-order valence-corrected chi connectivity index (χ0v) is 15.2. The van der Waals surface area contributed by atoms with E-state index in [0.717, 1.165) is 10.2 Å². The van der Waals surface area contributed by atoms with Gasteiger partial charge in [-0.15, -0.1) is 0 Å². The average molecular weight is 348 g/mol. The highest BCUT2D eigenvalue weighted by molar-refractivity contribution is 5.73. The highest BCUT2D eigenvalue weighted by atomic mass is 16.5. The molecule has 0 bridgehead atoms. The molecular weight excluding hydrogens is 324 g/mol. The molecule has 0 aromatic carbocycles. The Morgan fingerprint density at radius 2 is 2.00 bits per heavy atom. The molecule has 1 unspecified atom stereocenters. The van der Waals surface area contributed by atoms with Crippen molar-refractivity contribution in [1.29, 1.82) is 0 Å². The molecule has 25 heavy (non-hydrogen) atoms. The van der Waals surface area contributed by atoms with Crippen LogP contribution < -0.4 is 10.9 Å². The lowest BCUT2D eigenvalue weighted by Gasteiger charge is -2.16. The van der Waals surface area contributed by atoms with Gasteiger partial charge in [-0.1, -0.05) is 13.8 Å². The Kier molecular flexibility index (Phi) is 5.61. The van der Waals surface area contributed by atoms with Gasteiger partial charge >= 0.3 is 5.97 Å². The molecule has 2 aromatic heterocycles. The van der Waals surface area contributed by atoms with E-state index >= 15 is 0 Å². The molecule has 2 rings (SSSR count). The first kappa shape index (κ1) is 18.7. The summed E-state index contributed by atoms with van der Waals surface area (Å²) in [4.78, 5) is 35.9. The SMILES string of the molecule is CCOC(=O)Cn1nc(C(C)NC(C)=O)n2cc(C(C)C)cc2c1=O. The van der Waals surface area contributed by atoms with E-state index in [0.29, 0.717) is 11.3 Å². The molecule has 0 fully saturated rings. The minimum Gasteiger partial charge on any atom is -0.465 e. The second kappa shape index (κ2) is 7.50. The van der Waals surface area contributed by atoms with Crippen LogP contribution in [-0.2, 0) is 20.9 Å². The molecule has 2 aromatic rings. The number of carbonyl (C=O) groups excluding carboxylic acids is 2. The van der Waals surface area contributed by atoms with Crippen molar-refractivity contribution < 1.29 is 14.3 Å². The van der Waals surface area contributed by atoms with Gasteiger partial charge in [-0.25, -0.2) is 4.68 Å². The summed E-state index contributed by atoms with van der Waals surface area (Å²) in [6.07, 6.45) is 1.84. The molecular formula is C17H24N4O4. The van der Waals surface area contributed by atoms with Crippen molar-refractivity contribution in [2.45, 2.75) is 53.1 Å². The first-order valence-electron chi connectivity index (χ1n) is 8.30. The number of amides is 1. The number of aromatic nitrogens is 3. The zero-order valence-electron chi connectivity index (χ0n) is 15.2. The zero-order chi connectivity index (χ0) is 18.7. The van der Waals surface area contributed by atoms with E-state index in [4.69, 9.17) is 4.74 Å². The maximum absolute atomic E-state index is 12.7. The normalized spacial score (nSPS) is 12.4. The van der Waals surface area contributed by atoms with Crippen LogP contribution in [0, 0.1) is 0 Å². The number of ether oxygens (including phenoxy) is 1. The summed E-state index contributed by atoms with van der Waals surface area (Å²) in [5, 5.41) is 7.06. The molecule has 1 atom stereocenters. The summed E-state index contributed by atoms with van der Waals surface area (Å²) < 4.78 is 7.67. The molecule has 1 amide bonds. The third-order valence-electron chi connectivity index (χ3n) is 3.82. The van der Waals surface area contributed by atoms with Gasteiger partial charge in [0.2, 0.25) is 5.91 Å². The predicted octanol–water partition coefficient (Wildman–Crippen LogP) is 1.38. The lowest BCUT2D eigenvalue weighted by atomic mass is 10.1. The number of esters is 1. The number of carbonyl (C=O) groups is 2. The number of fused-ring (bicyclic) bond motifs is 1. The van der Waals surface area contributed by atoms with Gasteiger partial charge in [0.1, 0.15) is 12.1 Å². The van der Waals surface area contributed by atoms with E-state index in [-0.39, 0.29) is 30.5 Å². The molecule has 0 aliphatic carbocycles. The topological polar surface area (TPSA) is 94.7 Å². The van der Waals surface area contributed by atoms with Gasteiger partial charge in [-0.2, -0.15) is 5.10 Å². The first-order chi connectivity index (χ1) is 11.7. The molecule has 1 N–H and O–H groups in total. The number of hydrogen-bond acceptors (Lipinski definition) is 5. The second-order valence-corrected chi connectivity index (χ2v) is 6.23. The number of nitrogens with one attached hydrogen (secondary N) is 1. The van der Waals surface area contributed by atoms with Gasteiger partial charge in [0.05, 0.1) is 12.6 Å². The second-order valence-electron chi connectivity index (χ2n) is 6.23. The quantitative estimate of drug-likeness (QED) is 0.796. The van der Waals surface area contributed by atoms with Crippen LogP contribution in [0.4, 0.5) is 0 Å². The Balaban J connectivity index is 2.62. The Bertz CT molecular complexity index is 850. The minimum atomic E-state index is -0.532. The number of rotatable bonds is 6. The lowest BCUT2D eigenvalue weighted by Crippen LogP contribution is -2.34. The third kappa shape index (κ3) is 4.07. The summed E-state index contributed by atoms with van der Waals surface area (Å²) in [5.41, 5.74) is 1.01. The summed E-state index contributed by atoms with van der Waals surface area (Å²) in [5.74, 6) is -0.0419. The van der Waals surface area contributed by atoms with E-state index in [1.807, 2.05) is 20.0 Å². The standard InChI is InChI=1S/C17H24N4O4/c1-6-25-15(23)9-21-17(24)14-7-13(10(2)3)8-20(14)16(19-21)11(4)18-12(5)22/h7-8,10-11H,6,9H2,1-5H3,(H,18,22). The van der Waals surface area contributed by atoms with Gasteiger partial charge in [-0.3, -0.25) is 18.8 Å². The minimum absolute atomic E-state index is 0.207. The maximum Gasteiger partial charge on any atom is 0.327 e. The molecule has 0 aliphatic rings. The van der Waals surface area contributed by atoms with Gasteiger partial charge in [0, 0.05) is 13.1 Å². The van der Waals surface area contributed by atoms with Crippen molar-refractivity contribution in [3.05, 3.63) is 34.0 Å². The van der Waals surface area contributed by atoms with E-state index in [2.05, 4.69) is 10.4 Å². The predicted molar refractivity (Wildman–Crippen MR) is 92.4 cm³/mol. The monoisotopic (exact) mass is 348 g/mol. The smallest absolute Gasteiger partial charge is 0.327 e. The number of hydrogen-bond donors (Lipinski definition) is 1. The van der Waals surface area contributed by atoms with Gasteiger partial charge in [0.25, 0.3) is 5.56 Å². The van der Waals surface area contributed by atoms with Crippen LogP contribution in [0.3, 0.4) is 0 Å². The summed E-state index contributed by atoms with van der Waals surface area (Å²) >= 11 is 0. The Morgan fingerprint density at radius 1 is 1.32 bits per heavy atom. The number of nitrogens with zero attached hydrogens (tertiary/aromatic N) is 3. The summed E-state index contributed by atoms with van der Waals surface area (Å²) in [6, 6.07) is 1.36. The average Bonchev–Trinajstić information content (AvgIpc) is 2.95. The van der Waals surface area contributed by atoms with Crippen LogP contribution in [0.1, 0.15) is 58.0 Å². The molecule has 8 heteroatoms. The lowest BCUT2D eigenvalue weighted by molar-refractivity contribution is -0.144. The van der Waals surface area contributed by atoms with Crippen LogP contribution >= 0.6 is 0 Å². The van der Waals surface area contributed by atoms with Crippen LogP contribution in [0.5, 0.6) is 0 Å². The van der Waals surface area contributed by atoms with Crippen molar-refractivity contribution in [3.63, 3.8) is 0 Å². The van der Waals surface area contributed by atoms with Gasteiger partial charge in [0.15, 0.2) is 5.82 Å². The van der Waals surface area contributed by atoms with Crippen molar-refractivity contribution >= 4 is 17.4 Å². The fraction of sp³-hybridized carbons (Fsp3) is 0.529. The highest BCUT2D eigenvalue weighted by Crippen LogP contribution is 2.19. The third-order valence-corrected chi connectivity index (χ3v) is 3.82. The summed E-state index contributed by atoms with van der Waals surface area (Å²) in [6.45, 7) is 8.89.